The molecule has 0 fully saturated rings. The summed E-state index contributed by atoms with van der Waals surface area (Å²) in [5.41, 5.74) is -0.637. The fraction of sp³-hybridized carbons (Fsp3) is 0. The predicted molar refractivity (Wildman–Crippen MR) is 86.0 cm³/mol. The summed E-state index contributed by atoms with van der Waals surface area (Å²) in [6, 6.07) is 6.18. The summed E-state index contributed by atoms with van der Waals surface area (Å²) in [5.74, 6) is -0.888. The second-order valence-electron chi connectivity index (χ2n) is 4.57. The summed E-state index contributed by atoms with van der Waals surface area (Å²) in [4.78, 5) is 10.8. The molecule has 0 saturated carbocycles. The number of rotatable bonds is 4. The molecule has 0 aliphatic rings. The van der Waals surface area contributed by atoms with Crippen molar-refractivity contribution in [3.05, 3.63) is 57.6 Å². The summed E-state index contributed by atoms with van der Waals surface area (Å²) in [6.07, 6.45) is 0. The molecular formula is C13H8Cl2O7S2. The molecule has 2 aromatic rings. The molecule has 7 nitrogen and oxygen atoms in total. The first kappa shape index (κ1) is 18.8. The minimum atomic E-state index is -4.84. The van der Waals surface area contributed by atoms with E-state index in [-0.39, 0.29) is 15.6 Å². The molecule has 2 aromatic carbocycles. The van der Waals surface area contributed by atoms with Gasteiger partial charge in [0.2, 0.25) is 0 Å². The molecule has 0 aromatic heterocycles. The second-order valence-corrected chi connectivity index (χ2v) is 8.23. The molecule has 0 atom stereocenters. The topological polar surface area (TPSA) is 126 Å². The van der Waals surface area contributed by atoms with Gasteiger partial charge in [-0.05, 0) is 30.3 Å². The fourth-order valence-corrected chi connectivity index (χ4v) is 3.61. The van der Waals surface area contributed by atoms with Gasteiger partial charge < -0.3 is 0 Å². The van der Waals surface area contributed by atoms with Gasteiger partial charge >= 0.3 is 0 Å². The van der Waals surface area contributed by atoms with E-state index in [9.17, 15) is 21.6 Å². The van der Waals surface area contributed by atoms with Gasteiger partial charge in [0.15, 0.2) is 5.78 Å². The Labute approximate surface area is 147 Å². The predicted octanol–water partition coefficient (Wildman–Crippen LogP) is 2.72. The fourth-order valence-electron chi connectivity index (χ4n) is 1.86. The van der Waals surface area contributed by atoms with E-state index in [2.05, 4.69) is 0 Å². The highest BCUT2D eigenvalue weighted by atomic mass is 35.5. The van der Waals surface area contributed by atoms with Crippen LogP contribution in [0.3, 0.4) is 0 Å². The monoisotopic (exact) mass is 410 g/mol. The number of halogens is 2. The average Bonchev–Trinajstić information content (AvgIpc) is 2.44. The summed E-state index contributed by atoms with van der Waals surface area (Å²) in [7, 11) is -9.68. The van der Waals surface area contributed by atoms with Crippen LogP contribution < -0.4 is 0 Å². The maximum Gasteiger partial charge on any atom is 0.294 e. The van der Waals surface area contributed by atoms with Crippen LogP contribution in [0.25, 0.3) is 0 Å². The lowest BCUT2D eigenvalue weighted by Gasteiger charge is -2.09. The minimum absolute atomic E-state index is 0.0434. The van der Waals surface area contributed by atoms with E-state index in [0.717, 1.165) is 12.1 Å². The SMILES string of the molecule is O=C(c1cc(S(=O)(=O)O)cc(S(=O)(=O)O)c1)c1c(Cl)cccc1Cl. The van der Waals surface area contributed by atoms with E-state index in [1.165, 1.54) is 18.2 Å². The van der Waals surface area contributed by atoms with Crippen LogP contribution in [0.4, 0.5) is 0 Å². The zero-order chi connectivity index (χ0) is 18.3. The molecule has 0 spiro atoms. The van der Waals surface area contributed by atoms with Crippen LogP contribution in [-0.2, 0) is 20.2 Å². The molecule has 0 radical (unpaired) electrons. The molecule has 0 saturated heterocycles. The average molecular weight is 411 g/mol. The Balaban J connectivity index is 2.77. The number of hydrogen-bond donors (Lipinski definition) is 2. The van der Waals surface area contributed by atoms with Crippen molar-refractivity contribution in [3.63, 3.8) is 0 Å². The Morgan fingerprint density at radius 3 is 1.62 bits per heavy atom. The van der Waals surface area contributed by atoms with Crippen LogP contribution in [0.2, 0.25) is 10.0 Å². The van der Waals surface area contributed by atoms with Crippen LogP contribution in [0.15, 0.2) is 46.2 Å². The van der Waals surface area contributed by atoms with Gasteiger partial charge in [-0.2, -0.15) is 16.8 Å². The van der Waals surface area contributed by atoms with E-state index in [4.69, 9.17) is 32.3 Å². The Kier molecular flexibility index (Phi) is 5.05. The van der Waals surface area contributed by atoms with Crippen LogP contribution >= 0.6 is 23.2 Å². The molecule has 0 aliphatic heterocycles. The molecule has 0 amide bonds. The Hall–Kier alpha value is -1.49. The zero-order valence-corrected chi connectivity index (χ0v) is 14.6. The highest BCUT2D eigenvalue weighted by Crippen LogP contribution is 2.28. The van der Waals surface area contributed by atoms with Crippen LogP contribution in [0, 0.1) is 0 Å². The standard InChI is InChI=1S/C13H8Cl2O7S2/c14-10-2-1-3-11(15)12(10)13(16)7-4-8(23(17,18)19)6-9(5-7)24(20,21)22/h1-6H,(H,17,18,19)(H,20,21,22). The van der Waals surface area contributed by atoms with E-state index in [1.807, 2.05) is 0 Å². The van der Waals surface area contributed by atoms with E-state index in [0.29, 0.717) is 6.07 Å². The molecule has 2 N–H and O–H groups in total. The van der Waals surface area contributed by atoms with Crippen LogP contribution in [0.1, 0.15) is 15.9 Å². The van der Waals surface area contributed by atoms with Gasteiger partial charge in [-0.25, -0.2) is 0 Å². The Bertz CT molecular complexity index is 973. The van der Waals surface area contributed by atoms with E-state index < -0.39 is 41.4 Å². The van der Waals surface area contributed by atoms with Crippen molar-refractivity contribution in [2.24, 2.45) is 0 Å². The van der Waals surface area contributed by atoms with Gasteiger partial charge in [0.1, 0.15) is 0 Å². The molecule has 2 rings (SSSR count). The zero-order valence-electron chi connectivity index (χ0n) is 11.5. The smallest absolute Gasteiger partial charge is 0.288 e. The van der Waals surface area contributed by atoms with Crippen molar-refractivity contribution in [1.29, 1.82) is 0 Å². The normalized spacial score (nSPS) is 12.2. The van der Waals surface area contributed by atoms with Gasteiger partial charge in [0.25, 0.3) is 20.2 Å². The lowest BCUT2D eigenvalue weighted by atomic mass is 10.0. The first-order valence-corrected chi connectivity index (χ1v) is 9.63. The van der Waals surface area contributed by atoms with Crippen molar-refractivity contribution in [2.75, 3.05) is 0 Å². The molecule has 0 aliphatic carbocycles. The van der Waals surface area contributed by atoms with Gasteiger partial charge in [0.05, 0.1) is 25.4 Å². The maximum atomic E-state index is 12.5. The van der Waals surface area contributed by atoms with Crippen LogP contribution in [0.5, 0.6) is 0 Å². The molecule has 24 heavy (non-hydrogen) atoms. The lowest BCUT2D eigenvalue weighted by molar-refractivity contribution is 0.103. The first-order valence-electron chi connectivity index (χ1n) is 6.00. The summed E-state index contributed by atoms with van der Waals surface area (Å²) < 4.78 is 63.3. The van der Waals surface area contributed by atoms with Gasteiger partial charge in [-0.3, -0.25) is 13.9 Å². The van der Waals surface area contributed by atoms with Crippen molar-refractivity contribution in [3.8, 4) is 0 Å². The van der Waals surface area contributed by atoms with Crippen molar-refractivity contribution in [1.82, 2.24) is 0 Å². The second kappa shape index (κ2) is 6.43. The van der Waals surface area contributed by atoms with Crippen molar-refractivity contribution < 1.29 is 30.7 Å². The quantitative estimate of drug-likeness (QED) is 0.585. The lowest BCUT2D eigenvalue weighted by Crippen LogP contribution is -2.09. The van der Waals surface area contributed by atoms with Crippen molar-refractivity contribution in [2.45, 2.75) is 9.79 Å². The number of carbonyl (C=O) groups is 1. The molecule has 0 bridgehead atoms. The molecule has 11 heteroatoms. The summed E-state index contributed by atoms with van der Waals surface area (Å²) >= 11 is 11.8. The minimum Gasteiger partial charge on any atom is -0.288 e. The van der Waals surface area contributed by atoms with Gasteiger partial charge in [-0.1, -0.05) is 29.3 Å². The maximum absolute atomic E-state index is 12.5. The third kappa shape index (κ3) is 3.94. The number of carbonyl (C=O) groups excluding carboxylic acids is 1. The molecule has 0 heterocycles. The highest BCUT2D eigenvalue weighted by Gasteiger charge is 2.23. The molecular weight excluding hydrogens is 403 g/mol. The van der Waals surface area contributed by atoms with Gasteiger partial charge in [0, 0.05) is 5.56 Å². The van der Waals surface area contributed by atoms with Crippen LogP contribution in [-0.4, -0.2) is 31.7 Å². The van der Waals surface area contributed by atoms with E-state index in [1.54, 1.807) is 0 Å². The van der Waals surface area contributed by atoms with E-state index >= 15 is 0 Å². The Morgan fingerprint density at radius 2 is 1.25 bits per heavy atom. The first-order chi connectivity index (χ1) is 10.9. The third-order valence-corrected chi connectivity index (χ3v) is 5.22. The molecule has 128 valence electrons. The van der Waals surface area contributed by atoms with Gasteiger partial charge in [-0.15, -0.1) is 0 Å². The number of benzene rings is 2. The summed E-state index contributed by atoms with van der Waals surface area (Å²) in [6.45, 7) is 0. The van der Waals surface area contributed by atoms with Crippen molar-refractivity contribution >= 4 is 49.2 Å². The number of hydrogen-bond acceptors (Lipinski definition) is 5. The highest BCUT2D eigenvalue weighted by molar-refractivity contribution is 7.86. The summed E-state index contributed by atoms with van der Waals surface area (Å²) in [5, 5.41) is -0.0867. The number of ketones is 1. The Morgan fingerprint density at radius 1 is 0.833 bits per heavy atom. The molecule has 0 unspecified atom stereocenters. The third-order valence-electron chi connectivity index (χ3n) is 2.93. The largest absolute Gasteiger partial charge is 0.294 e.